The minimum atomic E-state index is -0.606. The minimum Gasteiger partial charge on any atom is -0.358 e. The topological polar surface area (TPSA) is 56.4 Å². The molecule has 0 bridgehead atoms. The molecule has 1 atom stereocenters. The third-order valence-corrected chi connectivity index (χ3v) is 8.14. The molecule has 1 saturated carbocycles. The molecule has 190 valence electrons. The van der Waals surface area contributed by atoms with Crippen molar-refractivity contribution in [2.24, 2.45) is 11.8 Å². The second kappa shape index (κ2) is 9.68. The van der Waals surface area contributed by atoms with Gasteiger partial charge in [0.25, 0.3) is 5.91 Å². The predicted octanol–water partition coefficient (Wildman–Crippen LogP) is 5.39. The lowest BCUT2D eigenvalue weighted by Crippen LogP contribution is -2.49. The Balaban J connectivity index is 1.31. The van der Waals surface area contributed by atoms with Gasteiger partial charge in [0.15, 0.2) is 0 Å². The van der Waals surface area contributed by atoms with Crippen molar-refractivity contribution in [1.29, 1.82) is 0 Å². The summed E-state index contributed by atoms with van der Waals surface area (Å²) in [6, 6.07) is 9.25. The second-order valence-corrected chi connectivity index (χ2v) is 10.5. The van der Waals surface area contributed by atoms with E-state index in [2.05, 4.69) is 11.9 Å². The van der Waals surface area contributed by atoms with Gasteiger partial charge < -0.3 is 14.8 Å². The molecular formula is C29H33F2N3O2. The van der Waals surface area contributed by atoms with E-state index in [4.69, 9.17) is 0 Å². The van der Waals surface area contributed by atoms with Crippen molar-refractivity contribution >= 4 is 22.7 Å². The van der Waals surface area contributed by atoms with Crippen molar-refractivity contribution < 1.29 is 18.4 Å². The fraction of sp³-hybridized carbons (Fsp3) is 0.448. The molecule has 1 saturated heterocycles. The zero-order valence-electron chi connectivity index (χ0n) is 21.1. The first kappa shape index (κ1) is 24.5. The van der Waals surface area contributed by atoms with E-state index in [1.54, 1.807) is 11.9 Å². The van der Waals surface area contributed by atoms with Gasteiger partial charge in [-0.2, -0.15) is 0 Å². The third-order valence-electron chi connectivity index (χ3n) is 8.14. The number of fused-ring (bicyclic) bond motifs is 1. The van der Waals surface area contributed by atoms with Crippen LogP contribution in [-0.4, -0.2) is 52.8 Å². The van der Waals surface area contributed by atoms with Gasteiger partial charge in [-0.25, -0.2) is 8.78 Å². The molecule has 7 heteroatoms. The summed E-state index contributed by atoms with van der Waals surface area (Å²) in [5.41, 5.74) is 4.37. The molecule has 1 aliphatic heterocycles. The molecular weight excluding hydrogens is 460 g/mol. The van der Waals surface area contributed by atoms with Crippen LogP contribution in [0.1, 0.15) is 52.9 Å². The number of piperidine rings is 1. The highest BCUT2D eigenvalue weighted by Crippen LogP contribution is 2.34. The monoisotopic (exact) mass is 493 g/mol. The maximum absolute atomic E-state index is 14.5. The molecule has 1 aliphatic carbocycles. The number of aromatic amines is 1. The van der Waals surface area contributed by atoms with Crippen molar-refractivity contribution in [2.45, 2.75) is 52.0 Å². The number of aryl methyl sites for hydroxylation is 2. The van der Waals surface area contributed by atoms with E-state index in [1.807, 2.05) is 30.0 Å². The lowest BCUT2D eigenvalue weighted by molar-refractivity contribution is -0.134. The molecule has 2 aliphatic rings. The molecule has 36 heavy (non-hydrogen) atoms. The molecule has 5 rings (SSSR count). The average Bonchev–Trinajstić information content (AvgIpc) is 3.68. The second-order valence-electron chi connectivity index (χ2n) is 10.5. The average molecular weight is 494 g/mol. The van der Waals surface area contributed by atoms with Crippen LogP contribution in [0.25, 0.3) is 10.9 Å². The Kier molecular flexibility index (Phi) is 6.58. The molecule has 2 heterocycles. The molecule has 3 aromatic rings. The van der Waals surface area contributed by atoms with Crippen LogP contribution in [-0.2, 0) is 11.2 Å². The normalized spacial score (nSPS) is 17.4. The van der Waals surface area contributed by atoms with Gasteiger partial charge in [0.2, 0.25) is 5.91 Å². The number of benzene rings is 2. The Morgan fingerprint density at radius 1 is 1.06 bits per heavy atom. The highest BCUT2D eigenvalue weighted by atomic mass is 19.1. The summed E-state index contributed by atoms with van der Waals surface area (Å²) in [6.07, 6.45) is 3.59. The van der Waals surface area contributed by atoms with Gasteiger partial charge in [0.1, 0.15) is 11.6 Å². The lowest BCUT2D eigenvalue weighted by atomic mass is 9.84. The fourth-order valence-electron chi connectivity index (χ4n) is 5.58. The SMILES string of the molecule is Cc1[nH]c2ccc(C(=O)N3CCC([C@@H](Cc4ccc(F)cc4F)N(C)C(=O)C4CC4)CC3)cc2c1C. The van der Waals surface area contributed by atoms with Gasteiger partial charge in [-0.1, -0.05) is 6.07 Å². The van der Waals surface area contributed by atoms with Crippen molar-refractivity contribution in [3.05, 3.63) is 70.4 Å². The van der Waals surface area contributed by atoms with Crippen molar-refractivity contribution in [1.82, 2.24) is 14.8 Å². The van der Waals surface area contributed by atoms with E-state index >= 15 is 0 Å². The Hall–Kier alpha value is -3.22. The van der Waals surface area contributed by atoms with Crippen LogP contribution in [0.3, 0.4) is 0 Å². The number of carbonyl (C=O) groups is 2. The quantitative estimate of drug-likeness (QED) is 0.500. The van der Waals surface area contributed by atoms with Crippen molar-refractivity contribution in [3.8, 4) is 0 Å². The van der Waals surface area contributed by atoms with E-state index < -0.39 is 11.6 Å². The molecule has 5 nitrogen and oxygen atoms in total. The molecule has 1 N–H and O–H groups in total. The number of carbonyl (C=O) groups excluding carboxylic acids is 2. The van der Waals surface area contributed by atoms with Crippen LogP contribution in [0.5, 0.6) is 0 Å². The predicted molar refractivity (Wildman–Crippen MR) is 136 cm³/mol. The zero-order chi connectivity index (χ0) is 25.6. The first-order chi connectivity index (χ1) is 17.2. The number of amides is 2. The van der Waals surface area contributed by atoms with E-state index in [1.165, 1.54) is 12.1 Å². The molecule has 2 amide bonds. The largest absolute Gasteiger partial charge is 0.358 e. The standard InChI is InChI=1S/C29H33F2N3O2/c1-17-18(2)32-26-9-7-22(14-24(17)26)29(36)34-12-10-19(11-13-34)27(33(3)28(35)20-4-5-20)15-21-6-8-23(30)16-25(21)31/h6-9,14,16,19-20,27,32H,4-5,10-13,15H2,1-3H3/t27-/m1/s1. The van der Waals surface area contributed by atoms with Crippen LogP contribution in [0.4, 0.5) is 8.78 Å². The number of hydrogen-bond donors (Lipinski definition) is 1. The van der Waals surface area contributed by atoms with Gasteiger partial charge in [-0.15, -0.1) is 0 Å². The molecule has 2 aromatic carbocycles. The number of nitrogens with zero attached hydrogens (tertiary/aromatic N) is 2. The van der Waals surface area contributed by atoms with Crippen molar-refractivity contribution in [3.63, 3.8) is 0 Å². The number of H-pyrrole nitrogens is 1. The van der Waals surface area contributed by atoms with E-state index in [0.29, 0.717) is 30.6 Å². The van der Waals surface area contributed by atoms with Gasteiger partial charge >= 0.3 is 0 Å². The number of hydrogen-bond acceptors (Lipinski definition) is 2. The van der Waals surface area contributed by atoms with Crippen LogP contribution in [0.2, 0.25) is 0 Å². The lowest BCUT2D eigenvalue weighted by Gasteiger charge is -2.40. The Morgan fingerprint density at radius 2 is 1.78 bits per heavy atom. The van der Waals surface area contributed by atoms with Crippen LogP contribution >= 0.6 is 0 Å². The number of nitrogens with one attached hydrogen (secondary N) is 1. The van der Waals surface area contributed by atoms with Gasteiger partial charge in [-0.05, 0) is 87.3 Å². The maximum Gasteiger partial charge on any atom is 0.253 e. The Labute approximate surface area is 210 Å². The zero-order valence-corrected chi connectivity index (χ0v) is 21.1. The number of likely N-dealkylation sites (tertiary alicyclic amines) is 1. The third kappa shape index (κ3) is 4.75. The highest BCUT2D eigenvalue weighted by molar-refractivity contribution is 5.99. The first-order valence-electron chi connectivity index (χ1n) is 12.8. The molecule has 0 radical (unpaired) electrons. The summed E-state index contributed by atoms with van der Waals surface area (Å²) < 4.78 is 28.0. The van der Waals surface area contributed by atoms with E-state index in [9.17, 15) is 18.4 Å². The summed E-state index contributed by atoms with van der Waals surface area (Å²) in [4.78, 5) is 33.2. The fourth-order valence-corrected chi connectivity index (χ4v) is 5.58. The van der Waals surface area contributed by atoms with Gasteiger partial charge in [0, 0.05) is 60.3 Å². The molecule has 1 aromatic heterocycles. The first-order valence-corrected chi connectivity index (χ1v) is 12.8. The Bertz CT molecular complexity index is 1310. The number of rotatable bonds is 6. The van der Waals surface area contributed by atoms with Gasteiger partial charge in [0.05, 0.1) is 0 Å². The van der Waals surface area contributed by atoms with Crippen LogP contribution in [0, 0.1) is 37.3 Å². The summed E-state index contributed by atoms with van der Waals surface area (Å²) in [6.45, 7) is 5.25. The smallest absolute Gasteiger partial charge is 0.253 e. The summed E-state index contributed by atoms with van der Waals surface area (Å²) in [7, 11) is 1.81. The minimum absolute atomic E-state index is 0.0112. The van der Waals surface area contributed by atoms with Crippen LogP contribution < -0.4 is 0 Å². The van der Waals surface area contributed by atoms with Crippen molar-refractivity contribution in [2.75, 3.05) is 20.1 Å². The van der Waals surface area contributed by atoms with Crippen LogP contribution in [0.15, 0.2) is 36.4 Å². The van der Waals surface area contributed by atoms with E-state index in [-0.39, 0.29) is 29.7 Å². The summed E-state index contributed by atoms with van der Waals surface area (Å²) in [5, 5.41) is 1.06. The van der Waals surface area contributed by atoms with Gasteiger partial charge in [-0.3, -0.25) is 9.59 Å². The highest BCUT2D eigenvalue weighted by Gasteiger charge is 2.38. The van der Waals surface area contributed by atoms with E-state index in [0.717, 1.165) is 53.9 Å². The maximum atomic E-state index is 14.5. The number of halogens is 2. The number of aromatic nitrogens is 1. The molecule has 0 spiro atoms. The summed E-state index contributed by atoms with van der Waals surface area (Å²) in [5.74, 6) is -0.879. The molecule has 2 fully saturated rings. The summed E-state index contributed by atoms with van der Waals surface area (Å²) >= 11 is 0. The number of likely N-dealkylation sites (N-methyl/N-ethyl adjacent to an activating group) is 1. The Morgan fingerprint density at radius 3 is 2.44 bits per heavy atom. The molecule has 0 unspecified atom stereocenters.